The van der Waals surface area contributed by atoms with Gasteiger partial charge in [0.25, 0.3) is 0 Å². The summed E-state index contributed by atoms with van der Waals surface area (Å²) in [6.07, 6.45) is 4.12. The van der Waals surface area contributed by atoms with Crippen molar-refractivity contribution in [1.82, 2.24) is 15.3 Å². The van der Waals surface area contributed by atoms with Gasteiger partial charge < -0.3 is 30.6 Å². The first kappa shape index (κ1) is 17.0. The van der Waals surface area contributed by atoms with Crippen LogP contribution in [0.2, 0.25) is 0 Å². The lowest BCUT2D eigenvalue weighted by Crippen LogP contribution is -2.30. The predicted octanol–water partition coefficient (Wildman–Crippen LogP) is 3.02. The largest absolute Gasteiger partial charge is 0.508 e. The molecule has 1 unspecified atom stereocenters. The molecule has 0 aliphatic heterocycles. The van der Waals surface area contributed by atoms with Crippen LogP contribution in [0.15, 0.2) is 48.8 Å². The molecule has 0 saturated carbocycles. The molecule has 2 aromatic carbocycles. The number of aromatic nitrogens is 2. The van der Waals surface area contributed by atoms with E-state index in [1.807, 2.05) is 6.20 Å². The number of hydrogen-bond acceptors (Lipinski definition) is 4. The quantitative estimate of drug-likeness (QED) is 0.314. The number of rotatable bonds is 6. The normalized spacial score (nSPS) is 12.6. The minimum atomic E-state index is -0.990. The first-order valence-electron chi connectivity index (χ1n) is 8.58. The molecular formula is C20H19N3O4. The fraction of sp³-hybridized carbons (Fsp3) is 0.150. The summed E-state index contributed by atoms with van der Waals surface area (Å²) in [4.78, 5) is 18.0. The number of aromatic amines is 2. The molecular weight excluding hydrogens is 346 g/mol. The number of nitrogens with one attached hydrogen (secondary N) is 3. The Morgan fingerprint density at radius 2 is 1.59 bits per heavy atom. The number of carbonyl (C=O) groups is 1. The van der Waals surface area contributed by atoms with E-state index >= 15 is 0 Å². The van der Waals surface area contributed by atoms with E-state index in [2.05, 4.69) is 15.3 Å². The van der Waals surface area contributed by atoms with Crippen LogP contribution in [0.4, 0.5) is 0 Å². The van der Waals surface area contributed by atoms with Crippen LogP contribution in [0.25, 0.3) is 21.8 Å². The summed E-state index contributed by atoms with van der Waals surface area (Å²) < 4.78 is 0. The fourth-order valence-electron chi connectivity index (χ4n) is 3.42. The molecule has 0 spiro atoms. The number of phenolic OH excluding ortho intramolecular Hbond substituents is 2. The first-order valence-corrected chi connectivity index (χ1v) is 8.58. The van der Waals surface area contributed by atoms with Crippen LogP contribution < -0.4 is 5.32 Å². The second-order valence-corrected chi connectivity index (χ2v) is 6.49. The van der Waals surface area contributed by atoms with E-state index in [-0.39, 0.29) is 11.5 Å². The molecule has 138 valence electrons. The van der Waals surface area contributed by atoms with Gasteiger partial charge in [-0.2, -0.15) is 0 Å². The molecule has 4 aromatic rings. The van der Waals surface area contributed by atoms with Crippen LogP contribution in [0.3, 0.4) is 0 Å². The molecule has 27 heavy (non-hydrogen) atoms. The van der Waals surface area contributed by atoms with Crippen LogP contribution in [-0.2, 0) is 11.2 Å². The monoisotopic (exact) mass is 365 g/mol. The van der Waals surface area contributed by atoms with Crippen molar-refractivity contribution in [3.8, 4) is 11.5 Å². The highest BCUT2D eigenvalue weighted by atomic mass is 16.4. The van der Waals surface area contributed by atoms with E-state index in [0.717, 1.165) is 22.0 Å². The Morgan fingerprint density at radius 1 is 0.963 bits per heavy atom. The maximum atomic E-state index is 11.8. The van der Waals surface area contributed by atoms with Crippen molar-refractivity contribution >= 4 is 27.8 Å². The van der Waals surface area contributed by atoms with E-state index < -0.39 is 12.0 Å². The Bertz CT molecular complexity index is 1130. The number of fused-ring (bicyclic) bond motifs is 2. The third kappa shape index (κ3) is 3.20. The van der Waals surface area contributed by atoms with E-state index in [1.165, 1.54) is 0 Å². The lowest BCUT2D eigenvalue weighted by Gasteiger charge is -2.14. The summed E-state index contributed by atoms with van der Waals surface area (Å²) in [5.41, 5.74) is 3.26. The van der Waals surface area contributed by atoms with Gasteiger partial charge in [0.05, 0.1) is 0 Å². The number of H-pyrrole nitrogens is 2. The Balaban J connectivity index is 1.54. The number of aromatic hydroxyl groups is 2. The molecule has 6 N–H and O–H groups in total. The average Bonchev–Trinajstić information content (AvgIpc) is 3.22. The third-order valence-electron chi connectivity index (χ3n) is 4.75. The van der Waals surface area contributed by atoms with E-state index in [9.17, 15) is 20.1 Å². The molecule has 2 heterocycles. The molecule has 0 radical (unpaired) electrons. The second-order valence-electron chi connectivity index (χ2n) is 6.49. The van der Waals surface area contributed by atoms with Gasteiger partial charge in [-0.15, -0.1) is 0 Å². The van der Waals surface area contributed by atoms with Crippen LogP contribution in [0, 0.1) is 0 Å². The van der Waals surface area contributed by atoms with Crippen LogP contribution in [0.5, 0.6) is 11.5 Å². The molecule has 0 amide bonds. The molecule has 7 heteroatoms. The molecule has 7 nitrogen and oxygen atoms in total. The Hall–Kier alpha value is -3.45. The summed E-state index contributed by atoms with van der Waals surface area (Å²) in [6.45, 7) is 0.436. The summed E-state index contributed by atoms with van der Waals surface area (Å²) in [5, 5.41) is 33.7. The minimum absolute atomic E-state index is 0.0890. The SMILES string of the molecule is O=C(O)C(NCCc1c[nH]c2ccc(O)cc12)c1c[nH]c2ccc(O)cc12. The molecule has 2 aromatic heterocycles. The predicted molar refractivity (Wildman–Crippen MR) is 102 cm³/mol. The molecule has 0 aliphatic carbocycles. The number of hydrogen-bond donors (Lipinski definition) is 6. The Kier molecular flexibility index (Phi) is 4.21. The maximum absolute atomic E-state index is 11.8. The summed E-state index contributed by atoms with van der Waals surface area (Å²) in [7, 11) is 0. The highest BCUT2D eigenvalue weighted by Crippen LogP contribution is 2.28. The van der Waals surface area contributed by atoms with Gasteiger partial charge >= 0.3 is 5.97 Å². The van der Waals surface area contributed by atoms with Gasteiger partial charge in [-0.05, 0) is 48.4 Å². The van der Waals surface area contributed by atoms with Crippen LogP contribution in [0.1, 0.15) is 17.2 Å². The lowest BCUT2D eigenvalue weighted by atomic mass is 10.0. The van der Waals surface area contributed by atoms with Gasteiger partial charge in [0.15, 0.2) is 0 Å². The van der Waals surface area contributed by atoms with Crippen LogP contribution >= 0.6 is 0 Å². The van der Waals surface area contributed by atoms with Crippen molar-refractivity contribution in [3.63, 3.8) is 0 Å². The van der Waals surface area contributed by atoms with Crippen LogP contribution in [-0.4, -0.2) is 37.8 Å². The fourth-order valence-corrected chi connectivity index (χ4v) is 3.42. The van der Waals surface area contributed by atoms with Gasteiger partial charge in [-0.3, -0.25) is 4.79 Å². The molecule has 0 aliphatic rings. The van der Waals surface area contributed by atoms with Crippen molar-refractivity contribution in [1.29, 1.82) is 0 Å². The smallest absolute Gasteiger partial charge is 0.325 e. The molecule has 0 bridgehead atoms. The van der Waals surface area contributed by atoms with Crippen molar-refractivity contribution < 1.29 is 20.1 Å². The van der Waals surface area contributed by atoms with Crippen molar-refractivity contribution in [3.05, 3.63) is 59.9 Å². The molecule has 0 fully saturated rings. The third-order valence-corrected chi connectivity index (χ3v) is 4.75. The van der Waals surface area contributed by atoms with Gasteiger partial charge in [0.2, 0.25) is 0 Å². The van der Waals surface area contributed by atoms with Crippen molar-refractivity contribution in [2.45, 2.75) is 12.5 Å². The zero-order chi connectivity index (χ0) is 19.0. The Morgan fingerprint density at radius 3 is 2.30 bits per heavy atom. The van der Waals surface area contributed by atoms with Crippen molar-refractivity contribution in [2.75, 3.05) is 6.54 Å². The summed E-state index contributed by atoms with van der Waals surface area (Å²) in [5.74, 6) is -0.708. The molecule has 0 saturated heterocycles. The average molecular weight is 365 g/mol. The second kappa shape index (κ2) is 6.69. The highest BCUT2D eigenvalue weighted by molar-refractivity contribution is 5.90. The lowest BCUT2D eigenvalue weighted by molar-refractivity contribution is -0.139. The molecule has 1 atom stereocenters. The zero-order valence-electron chi connectivity index (χ0n) is 14.4. The molecule has 4 rings (SSSR count). The van der Waals surface area contributed by atoms with Gasteiger partial charge in [0, 0.05) is 46.3 Å². The van der Waals surface area contributed by atoms with E-state index in [1.54, 1.807) is 42.6 Å². The van der Waals surface area contributed by atoms with E-state index in [4.69, 9.17) is 0 Å². The van der Waals surface area contributed by atoms with Gasteiger partial charge in [0.1, 0.15) is 17.5 Å². The van der Waals surface area contributed by atoms with Gasteiger partial charge in [-0.25, -0.2) is 0 Å². The maximum Gasteiger partial charge on any atom is 0.325 e. The standard InChI is InChI=1S/C20H19N3O4/c24-12-1-3-17-14(7-12)11(9-22-17)5-6-21-19(20(26)27)16-10-23-18-4-2-13(25)8-15(16)18/h1-4,7-10,19,21-25H,5-6H2,(H,26,27). The Labute approximate surface area is 154 Å². The summed E-state index contributed by atoms with van der Waals surface area (Å²) in [6, 6.07) is 9.04. The van der Waals surface area contributed by atoms with E-state index in [0.29, 0.717) is 23.9 Å². The van der Waals surface area contributed by atoms with Gasteiger partial charge in [-0.1, -0.05) is 0 Å². The zero-order valence-corrected chi connectivity index (χ0v) is 14.4. The van der Waals surface area contributed by atoms with Crippen molar-refractivity contribution in [2.24, 2.45) is 0 Å². The summed E-state index contributed by atoms with van der Waals surface area (Å²) >= 11 is 0. The minimum Gasteiger partial charge on any atom is -0.508 e. The highest BCUT2D eigenvalue weighted by Gasteiger charge is 2.22. The first-order chi connectivity index (χ1) is 13.0. The number of carboxylic acids is 1. The number of phenols is 2. The topological polar surface area (TPSA) is 121 Å². The number of aliphatic carboxylic acids is 1. The number of carboxylic acid groups (broad SMARTS) is 1. The number of benzene rings is 2.